The zero-order valence-corrected chi connectivity index (χ0v) is 17.6. The van der Waals surface area contributed by atoms with Gasteiger partial charge in [0.15, 0.2) is 0 Å². The normalized spacial score (nSPS) is 19.0. The molecule has 1 aromatic rings. The van der Waals surface area contributed by atoms with Crippen molar-refractivity contribution in [2.24, 2.45) is 11.3 Å². The van der Waals surface area contributed by atoms with E-state index >= 15 is 0 Å². The van der Waals surface area contributed by atoms with Crippen LogP contribution in [-0.4, -0.2) is 12.5 Å². The van der Waals surface area contributed by atoms with Crippen LogP contribution in [0.1, 0.15) is 76.6 Å². The number of hydrogen-bond donors (Lipinski definition) is 1. The fourth-order valence-electron chi connectivity index (χ4n) is 3.87. The predicted molar refractivity (Wildman–Crippen MR) is 116 cm³/mol. The second-order valence-corrected chi connectivity index (χ2v) is 8.50. The topological polar surface area (TPSA) is 32.3 Å². The first-order chi connectivity index (χ1) is 12.9. The molecular weight excluding hydrogens is 332 g/mol. The van der Waals surface area contributed by atoms with Gasteiger partial charge >= 0.3 is 0 Å². The minimum absolute atomic E-state index is 0.0177. The molecule has 0 spiro atoms. The van der Waals surface area contributed by atoms with Crippen molar-refractivity contribution in [1.29, 1.82) is 0 Å². The lowest BCUT2D eigenvalue weighted by molar-refractivity contribution is 0.0937. The van der Waals surface area contributed by atoms with E-state index in [9.17, 15) is 4.79 Å². The summed E-state index contributed by atoms with van der Waals surface area (Å²) < 4.78 is 0. The van der Waals surface area contributed by atoms with Gasteiger partial charge in [-0.05, 0) is 68.2 Å². The zero-order chi connectivity index (χ0) is 19.9. The fourth-order valence-corrected chi connectivity index (χ4v) is 3.87. The number of nitrogens with one attached hydrogen (secondary N) is 1. The Kier molecular flexibility index (Phi) is 7.70. The quantitative estimate of drug-likeness (QED) is 0.556. The lowest BCUT2D eigenvalue weighted by atomic mass is 9.82. The molecular formula is C24H36N2O. The summed E-state index contributed by atoms with van der Waals surface area (Å²) in [6.07, 6.45) is 11.2. The number of benzene rings is 1. The van der Waals surface area contributed by atoms with Gasteiger partial charge in [0.2, 0.25) is 0 Å². The third-order valence-corrected chi connectivity index (χ3v) is 5.90. The number of amides is 1. The Balaban J connectivity index is 1.96. The Morgan fingerprint density at radius 3 is 2.59 bits per heavy atom. The minimum Gasteiger partial charge on any atom is -0.352 e. The van der Waals surface area contributed by atoms with Crippen molar-refractivity contribution in [2.45, 2.75) is 66.2 Å². The van der Waals surface area contributed by atoms with Gasteiger partial charge in [0, 0.05) is 30.2 Å². The van der Waals surface area contributed by atoms with E-state index in [0.717, 1.165) is 18.7 Å². The molecule has 1 saturated carbocycles. The highest BCUT2D eigenvalue weighted by molar-refractivity contribution is 5.94. The molecule has 0 saturated heterocycles. The molecule has 3 nitrogen and oxygen atoms in total. The van der Waals surface area contributed by atoms with Crippen LogP contribution >= 0.6 is 0 Å². The van der Waals surface area contributed by atoms with Crippen LogP contribution in [0.25, 0.3) is 0 Å². The highest BCUT2D eigenvalue weighted by Crippen LogP contribution is 2.42. The van der Waals surface area contributed by atoms with Crippen LogP contribution in [0.2, 0.25) is 0 Å². The van der Waals surface area contributed by atoms with E-state index in [1.807, 2.05) is 35.4 Å². The number of carbonyl (C=O) groups excluding carboxylic acids is 1. The number of allylic oxidation sites excluding steroid dienone is 1. The molecule has 1 N–H and O–H groups in total. The Bertz CT molecular complexity index is 657. The van der Waals surface area contributed by atoms with Crippen LogP contribution in [0.4, 0.5) is 5.69 Å². The number of unbranched alkanes of at least 4 members (excludes halogenated alkanes) is 1. The van der Waals surface area contributed by atoms with Crippen molar-refractivity contribution in [3.05, 3.63) is 54.4 Å². The summed E-state index contributed by atoms with van der Waals surface area (Å²) in [4.78, 5) is 14.5. The van der Waals surface area contributed by atoms with Gasteiger partial charge in [-0.25, -0.2) is 0 Å². The molecule has 3 heteroatoms. The van der Waals surface area contributed by atoms with Crippen molar-refractivity contribution < 1.29 is 4.79 Å². The molecule has 1 unspecified atom stereocenters. The number of hydrogen-bond acceptors (Lipinski definition) is 2. The van der Waals surface area contributed by atoms with Gasteiger partial charge in [0.25, 0.3) is 5.91 Å². The van der Waals surface area contributed by atoms with Gasteiger partial charge in [-0.2, -0.15) is 0 Å². The molecule has 0 aromatic heterocycles. The summed E-state index contributed by atoms with van der Waals surface area (Å²) in [5, 5.41) is 3.13. The zero-order valence-electron chi connectivity index (χ0n) is 17.6. The number of nitrogens with zero attached hydrogens (tertiary/aromatic N) is 1. The van der Waals surface area contributed by atoms with Crippen molar-refractivity contribution in [3.8, 4) is 0 Å². The van der Waals surface area contributed by atoms with Crippen LogP contribution in [-0.2, 0) is 0 Å². The van der Waals surface area contributed by atoms with E-state index in [0.29, 0.717) is 16.9 Å². The largest absolute Gasteiger partial charge is 0.352 e. The molecule has 1 amide bonds. The highest BCUT2D eigenvalue weighted by Gasteiger charge is 2.34. The fraction of sp³-hybridized carbons (Fsp3) is 0.542. The van der Waals surface area contributed by atoms with E-state index in [2.05, 4.69) is 45.8 Å². The maximum atomic E-state index is 12.5. The molecule has 1 fully saturated rings. The van der Waals surface area contributed by atoms with Gasteiger partial charge in [-0.3, -0.25) is 4.79 Å². The molecule has 0 radical (unpaired) electrons. The smallest absolute Gasteiger partial charge is 0.251 e. The van der Waals surface area contributed by atoms with Gasteiger partial charge in [-0.15, -0.1) is 0 Å². The predicted octanol–water partition coefficient (Wildman–Crippen LogP) is 6.29. The van der Waals surface area contributed by atoms with Crippen molar-refractivity contribution >= 4 is 11.6 Å². The SMILES string of the molecule is C=CN(/C=C(\C)CCCC)c1ccc(C(=O)NCC2CCCC2(C)C)cc1. The van der Waals surface area contributed by atoms with Crippen LogP contribution in [0.3, 0.4) is 0 Å². The lowest BCUT2D eigenvalue weighted by Gasteiger charge is -2.27. The summed E-state index contributed by atoms with van der Waals surface area (Å²) in [5.74, 6) is 0.595. The van der Waals surface area contributed by atoms with E-state index in [1.165, 1.54) is 37.7 Å². The Morgan fingerprint density at radius 1 is 1.33 bits per heavy atom. The first-order valence-electron chi connectivity index (χ1n) is 10.3. The molecule has 148 valence electrons. The summed E-state index contributed by atoms with van der Waals surface area (Å²) in [6, 6.07) is 7.77. The van der Waals surface area contributed by atoms with Gasteiger partial charge in [0.1, 0.15) is 0 Å². The van der Waals surface area contributed by atoms with Crippen LogP contribution in [0.15, 0.2) is 48.8 Å². The molecule has 1 aromatic carbocycles. The van der Waals surface area contributed by atoms with Crippen LogP contribution in [0, 0.1) is 11.3 Å². The summed E-state index contributed by atoms with van der Waals surface area (Å²) >= 11 is 0. The van der Waals surface area contributed by atoms with Crippen LogP contribution in [0.5, 0.6) is 0 Å². The Morgan fingerprint density at radius 2 is 2.04 bits per heavy atom. The van der Waals surface area contributed by atoms with E-state index < -0.39 is 0 Å². The molecule has 0 bridgehead atoms. The monoisotopic (exact) mass is 368 g/mol. The molecule has 1 atom stereocenters. The van der Waals surface area contributed by atoms with Crippen molar-refractivity contribution in [1.82, 2.24) is 5.32 Å². The molecule has 0 heterocycles. The third-order valence-electron chi connectivity index (χ3n) is 5.90. The third kappa shape index (κ3) is 5.98. The first kappa shape index (κ1) is 21.3. The molecule has 1 aliphatic rings. The van der Waals surface area contributed by atoms with Crippen molar-refractivity contribution in [3.63, 3.8) is 0 Å². The summed E-state index contributed by atoms with van der Waals surface area (Å²) in [6.45, 7) is 13.7. The molecule has 2 rings (SSSR count). The summed E-state index contributed by atoms with van der Waals surface area (Å²) in [5.41, 5.74) is 3.40. The standard InChI is InChI=1S/C24H36N2O/c1-6-8-10-19(3)18-26(7-2)22-14-12-20(13-15-22)23(27)25-17-21-11-9-16-24(21,4)5/h7,12-15,18,21H,2,6,8-11,16-17H2,1,3-5H3,(H,25,27)/b19-18+. The maximum absolute atomic E-state index is 12.5. The first-order valence-corrected chi connectivity index (χ1v) is 10.3. The average Bonchev–Trinajstić information content (AvgIpc) is 3.00. The highest BCUT2D eigenvalue weighted by atomic mass is 16.1. The molecule has 27 heavy (non-hydrogen) atoms. The average molecular weight is 369 g/mol. The van der Waals surface area contributed by atoms with E-state index in [4.69, 9.17) is 0 Å². The molecule has 0 aliphatic heterocycles. The maximum Gasteiger partial charge on any atom is 0.251 e. The number of rotatable bonds is 9. The number of carbonyl (C=O) groups is 1. The second kappa shape index (κ2) is 9.77. The van der Waals surface area contributed by atoms with Crippen LogP contribution < -0.4 is 10.2 Å². The van der Waals surface area contributed by atoms with Gasteiger partial charge in [-0.1, -0.05) is 45.8 Å². The van der Waals surface area contributed by atoms with E-state index in [-0.39, 0.29) is 5.91 Å². The van der Waals surface area contributed by atoms with E-state index in [1.54, 1.807) is 0 Å². The second-order valence-electron chi connectivity index (χ2n) is 8.50. The summed E-state index contributed by atoms with van der Waals surface area (Å²) in [7, 11) is 0. The molecule has 1 aliphatic carbocycles. The van der Waals surface area contributed by atoms with Gasteiger partial charge in [0.05, 0.1) is 0 Å². The lowest BCUT2D eigenvalue weighted by Crippen LogP contribution is -2.33. The Labute approximate surface area is 165 Å². The minimum atomic E-state index is 0.0177. The van der Waals surface area contributed by atoms with Gasteiger partial charge < -0.3 is 10.2 Å². The van der Waals surface area contributed by atoms with Crippen molar-refractivity contribution in [2.75, 3.05) is 11.4 Å². The number of anilines is 1. The Hall–Kier alpha value is -2.03.